The maximum atomic E-state index is 13.2. The van der Waals surface area contributed by atoms with E-state index in [1.54, 1.807) is 13.8 Å². The lowest BCUT2D eigenvalue weighted by Gasteiger charge is -2.48. The Morgan fingerprint density at radius 2 is 1.88 bits per heavy atom. The van der Waals surface area contributed by atoms with Gasteiger partial charge in [-0.2, -0.15) is 0 Å². The van der Waals surface area contributed by atoms with E-state index in [0.717, 1.165) is 12.0 Å². The minimum Gasteiger partial charge on any atom is -0.505 e. The smallest absolute Gasteiger partial charge is 0.364 e. The summed E-state index contributed by atoms with van der Waals surface area (Å²) in [6, 6.07) is -0.349. The molecule has 0 spiro atoms. The highest BCUT2D eigenvalue weighted by Crippen LogP contribution is 2.43. The quantitative estimate of drug-likeness (QED) is 0.185. The van der Waals surface area contributed by atoms with Crippen molar-refractivity contribution in [1.82, 2.24) is 5.32 Å². The summed E-state index contributed by atoms with van der Waals surface area (Å²) in [6.07, 6.45) is 0.398. The average molecular weight is 709 g/mol. The standard InChI is InChI=1S/C35H49ClN2O11/c1-16(2)7-9-18-15-19(10-13-22(18)39)31(42)38-25-26(40)20-11-14-23(24(36)28(20)47-33(25)44)46-34-27(41)29(30(45-6)35(4,5)49-34)48-32(43)21-12-8-17(3)37-21/h7,17-19,21-22,27,29-30,34,37,39-41H,8-15H2,1-6H3,(H,38,42). The fourth-order valence-corrected chi connectivity index (χ4v) is 7.59. The molecule has 1 saturated carbocycles. The van der Waals surface area contributed by atoms with Gasteiger partial charge in [-0.1, -0.05) is 23.3 Å². The van der Waals surface area contributed by atoms with Crippen molar-refractivity contribution in [1.29, 1.82) is 0 Å². The van der Waals surface area contributed by atoms with Crippen molar-refractivity contribution in [3.05, 3.63) is 39.2 Å². The van der Waals surface area contributed by atoms with Gasteiger partial charge in [-0.15, -0.1) is 0 Å². The van der Waals surface area contributed by atoms with Gasteiger partial charge in [0.2, 0.25) is 12.2 Å². The van der Waals surface area contributed by atoms with Crippen LogP contribution < -0.4 is 16.3 Å². The molecule has 49 heavy (non-hydrogen) atoms. The van der Waals surface area contributed by atoms with Crippen LogP contribution in [0.2, 0.25) is 0 Å². The molecule has 1 amide bonds. The Morgan fingerprint density at radius 1 is 1.14 bits per heavy atom. The lowest BCUT2D eigenvalue weighted by molar-refractivity contribution is -0.320. The topological polar surface area (TPSA) is 186 Å². The largest absolute Gasteiger partial charge is 0.505 e. The van der Waals surface area contributed by atoms with E-state index in [2.05, 4.69) is 10.6 Å². The predicted octanol–water partition coefficient (Wildman–Crippen LogP) is 3.85. The summed E-state index contributed by atoms with van der Waals surface area (Å²) < 4.78 is 29.1. The maximum absolute atomic E-state index is 13.2. The van der Waals surface area contributed by atoms with Gasteiger partial charge >= 0.3 is 11.6 Å². The number of esters is 1. The first-order valence-corrected chi connectivity index (χ1v) is 17.4. The summed E-state index contributed by atoms with van der Waals surface area (Å²) in [5.74, 6) is -1.95. The van der Waals surface area contributed by atoms with Crippen LogP contribution in [0.3, 0.4) is 0 Å². The Bertz CT molecular complexity index is 1530. The monoisotopic (exact) mass is 708 g/mol. The third-order valence-corrected chi connectivity index (χ3v) is 10.5. The summed E-state index contributed by atoms with van der Waals surface area (Å²) in [6.45, 7) is 9.37. The van der Waals surface area contributed by atoms with Crippen LogP contribution in [-0.2, 0) is 35.0 Å². The molecule has 2 aliphatic carbocycles. The number of ether oxygens (including phenoxy) is 4. The highest BCUT2D eigenvalue weighted by molar-refractivity contribution is 6.49. The van der Waals surface area contributed by atoms with Crippen LogP contribution in [0.5, 0.6) is 5.75 Å². The van der Waals surface area contributed by atoms with Crippen LogP contribution in [-0.4, -0.2) is 82.7 Å². The number of fused-ring (bicyclic) bond motifs is 1. The Morgan fingerprint density at radius 3 is 2.53 bits per heavy atom. The van der Waals surface area contributed by atoms with Gasteiger partial charge in [0.25, 0.3) is 0 Å². The van der Waals surface area contributed by atoms with Gasteiger partial charge in [0.1, 0.15) is 22.9 Å². The van der Waals surface area contributed by atoms with E-state index < -0.39 is 71.5 Å². The second-order valence-corrected chi connectivity index (χ2v) is 14.8. The molecular weight excluding hydrogens is 660 g/mol. The van der Waals surface area contributed by atoms with Crippen molar-refractivity contribution < 1.29 is 48.3 Å². The molecule has 13 nitrogen and oxygen atoms in total. The van der Waals surface area contributed by atoms with Gasteiger partial charge in [-0.3, -0.25) is 9.59 Å². The van der Waals surface area contributed by atoms with E-state index in [0.29, 0.717) is 32.1 Å². The molecule has 9 atom stereocenters. The molecule has 0 radical (unpaired) electrons. The molecule has 0 bridgehead atoms. The van der Waals surface area contributed by atoms with Crippen molar-refractivity contribution in [3.8, 4) is 5.75 Å². The number of aliphatic hydroxyl groups excluding tert-OH is 2. The minimum atomic E-state index is -1.47. The average Bonchev–Trinajstić information content (AvgIpc) is 3.48. The molecule has 3 heterocycles. The lowest BCUT2D eigenvalue weighted by atomic mass is 9.77. The van der Waals surface area contributed by atoms with Crippen molar-refractivity contribution in [3.63, 3.8) is 0 Å². The first-order valence-electron chi connectivity index (χ1n) is 17.0. The third-order valence-electron chi connectivity index (χ3n) is 10.1. The molecule has 9 unspecified atom stereocenters. The van der Waals surface area contributed by atoms with E-state index in [9.17, 15) is 29.7 Å². The molecule has 5 N–H and O–H groups in total. The molecule has 272 valence electrons. The summed E-state index contributed by atoms with van der Waals surface area (Å²) in [4.78, 5) is 39.4. The van der Waals surface area contributed by atoms with E-state index in [1.807, 2.05) is 26.8 Å². The van der Waals surface area contributed by atoms with Gasteiger partial charge in [0.05, 0.1) is 11.7 Å². The van der Waals surface area contributed by atoms with Gasteiger partial charge in [0.15, 0.2) is 29.4 Å². The summed E-state index contributed by atoms with van der Waals surface area (Å²) in [5.41, 5.74) is -1.11. The van der Waals surface area contributed by atoms with Gasteiger partial charge in [-0.05, 0) is 85.5 Å². The number of methoxy groups -OCH3 is 1. The Balaban J connectivity index is 1.32. The van der Waals surface area contributed by atoms with E-state index >= 15 is 0 Å². The number of carbonyl (C=O) groups excluding carboxylic acids is 2. The molecule has 2 saturated heterocycles. The van der Waals surface area contributed by atoms with Crippen LogP contribution in [0.15, 0.2) is 26.6 Å². The summed E-state index contributed by atoms with van der Waals surface area (Å²) in [7, 11) is 1.44. The molecule has 4 aliphatic rings. The molecule has 0 aromatic carbocycles. The van der Waals surface area contributed by atoms with Crippen molar-refractivity contribution in [2.24, 2.45) is 11.8 Å². The molecule has 5 rings (SSSR count). The number of allylic oxidation sites excluding steroid dienone is 3. The second-order valence-electron chi connectivity index (χ2n) is 14.5. The molecule has 1 aromatic heterocycles. The predicted molar refractivity (Wildman–Crippen MR) is 180 cm³/mol. The highest BCUT2D eigenvalue weighted by Gasteiger charge is 2.54. The third kappa shape index (κ3) is 8.02. The Labute approximate surface area is 291 Å². The Kier molecular flexibility index (Phi) is 11.5. The number of halogens is 1. The summed E-state index contributed by atoms with van der Waals surface area (Å²) >= 11 is 6.67. The fourth-order valence-electron chi connectivity index (χ4n) is 7.30. The molecule has 3 fully saturated rings. The lowest BCUT2D eigenvalue weighted by Crippen LogP contribution is -2.64. The zero-order valence-electron chi connectivity index (χ0n) is 28.9. The fraction of sp³-hybridized carbons (Fsp3) is 0.686. The number of nitrogens with one attached hydrogen (secondary N) is 2. The number of amides is 1. The van der Waals surface area contributed by atoms with Crippen LogP contribution >= 0.6 is 11.6 Å². The van der Waals surface area contributed by atoms with Crippen molar-refractivity contribution in [2.45, 2.75) is 134 Å². The van der Waals surface area contributed by atoms with E-state index in [4.69, 9.17) is 35.0 Å². The van der Waals surface area contributed by atoms with Crippen LogP contribution in [0.25, 0.3) is 5.03 Å². The van der Waals surface area contributed by atoms with Crippen LogP contribution in [0.1, 0.15) is 90.9 Å². The molecular formula is C35H49ClN2O11. The number of aliphatic hydroxyl groups is 2. The van der Waals surface area contributed by atoms with E-state index in [-0.39, 0.29) is 52.6 Å². The van der Waals surface area contributed by atoms with Gasteiger partial charge < -0.3 is 49.3 Å². The minimum absolute atomic E-state index is 0.0941. The second kappa shape index (κ2) is 15.1. The van der Waals surface area contributed by atoms with Crippen molar-refractivity contribution in [2.75, 3.05) is 12.4 Å². The molecule has 14 heteroatoms. The molecule has 2 aliphatic heterocycles. The Hall–Kier alpha value is -2.94. The first kappa shape index (κ1) is 37.3. The first-order chi connectivity index (χ1) is 23.1. The highest BCUT2D eigenvalue weighted by atomic mass is 35.5. The number of rotatable bonds is 9. The van der Waals surface area contributed by atoms with Crippen LogP contribution in [0.4, 0.5) is 5.69 Å². The summed E-state index contributed by atoms with van der Waals surface area (Å²) in [5, 5.41) is 38.6. The number of hydrogen-bond donors (Lipinski definition) is 5. The van der Waals surface area contributed by atoms with Gasteiger partial charge in [0, 0.05) is 31.1 Å². The maximum Gasteiger partial charge on any atom is 0.364 e. The number of aromatic hydroxyl groups is 1. The van der Waals surface area contributed by atoms with Crippen LogP contribution in [0, 0.1) is 11.8 Å². The zero-order valence-corrected chi connectivity index (χ0v) is 29.7. The zero-order chi connectivity index (χ0) is 35.8. The SMILES string of the molecule is COC1C(OC(=O)C2CCC(C)N2)C(O)C(OC2=C(Cl)c3oc(=O)c(NC(=O)C4CCC(O)C(CC=C(C)C)C4)c(O)c3CC2)OC1(C)C. The molecule has 1 aromatic rings. The van der Waals surface area contributed by atoms with Crippen molar-refractivity contribution >= 4 is 34.2 Å². The van der Waals surface area contributed by atoms with Gasteiger partial charge in [-0.25, -0.2) is 4.79 Å². The number of anilines is 1. The number of hydrogen-bond acceptors (Lipinski definition) is 12. The number of carbonyl (C=O) groups is 2. The van der Waals surface area contributed by atoms with E-state index in [1.165, 1.54) is 7.11 Å². The normalized spacial score (nSPS) is 32.6.